The van der Waals surface area contributed by atoms with Gasteiger partial charge < -0.3 is 4.74 Å². The molecule has 1 aliphatic carbocycles. The van der Waals surface area contributed by atoms with Gasteiger partial charge in [-0.2, -0.15) is 0 Å². The highest BCUT2D eigenvalue weighted by Crippen LogP contribution is 2.37. The van der Waals surface area contributed by atoms with E-state index in [1.54, 1.807) is 0 Å². The number of ketones is 1. The van der Waals surface area contributed by atoms with Gasteiger partial charge in [-0.25, -0.2) is 0 Å². The van der Waals surface area contributed by atoms with E-state index >= 15 is 0 Å². The van der Waals surface area contributed by atoms with Gasteiger partial charge in [0, 0.05) is 12.0 Å². The minimum absolute atomic E-state index is 0.0896. The molecule has 0 aliphatic heterocycles. The fraction of sp³-hybridized carbons (Fsp3) is 0.500. The van der Waals surface area contributed by atoms with Crippen LogP contribution in [0.5, 0.6) is 0 Å². The van der Waals surface area contributed by atoms with Crippen LogP contribution < -0.4 is 0 Å². The van der Waals surface area contributed by atoms with Crippen molar-refractivity contribution in [1.82, 2.24) is 0 Å². The molecule has 0 aromatic heterocycles. The fourth-order valence-corrected chi connectivity index (χ4v) is 2.55. The van der Waals surface area contributed by atoms with Crippen LogP contribution in [0.25, 0.3) is 0 Å². The lowest BCUT2D eigenvalue weighted by atomic mass is 9.87. The Kier molecular flexibility index (Phi) is 3.74. The first kappa shape index (κ1) is 13.8. The molecule has 0 amide bonds. The zero-order valence-corrected chi connectivity index (χ0v) is 11.8. The summed E-state index contributed by atoms with van der Waals surface area (Å²) >= 11 is 0. The molecule has 0 radical (unpaired) electrons. The first-order valence-corrected chi connectivity index (χ1v) is 6.76. The lowest BCUT2D eigenvalue weighted by Crippen LogP contribution is -2.31. The molecule has 1 aliphatic rings. The number of carbonyl (C=O) groups is 2. The standard InChI is InChI=1S/C16H20O3/c1-4-5-14(17)19-10-16(3)9-12-8-11(2)6-7-13(12)15(16)18/h6-8H,4-5,9-10H2,1-3H3. The van der Waals surface area contributed by atoms with Gasteiger partial charge in [0.05, 0.1) is 5.41 Å². The summed E-state index contributed by atoms with van der Waals surface area (Å²) in [5, 5.41) is 0. The van der Waals surface area contributed by atoms with E-state index in [-0.39, 0.29) is 18.4 Å². The number of Topliss-reactive ketones (excluding diaryl/α,β-unsaturated/α-hetero) is 1. The molecule has 1 aromatic carbocycles. The molecule has 3 heteroatoms. The summed E-state index contributed by atoms with van der Waals surface area (Å²) in [7, 11) is 0. The highest BCUT2D eigenvalue weighted by atomic mass is 16.5. The number of rotatable bonds is 4. The molecule has 19 heavy (non-hydrogen) atoms. The predicted octanol–water partition coefficient (Wildman–Crippen LogP) is 3.08. The summed E-state index contributed by atoms with van der Waals surface area (Å²) < 4.78 is 5.24. The van der Waals surface area contributed by atoms with Gasteiger partial charge in [0.2, 0.25) is 0 Å². The second-order valence-electron chi connectivity index (χ2n) is 5.64. The Morgan fingerprint density at radius 3 is 2.84 bits per heavy atom. The van der Waals surface area contributed by atoms with Crippen molar-refractivity contribution < 1.29 is 14.3 Å². The largest absolute Gasteiger partial charge is 0.465 e. The maximum Gasteiger partial charge on any atom is 0.305 e. The van der Waals surface area contributed by atoms with Crippen molar-refractivity contribution in [3.63, 3.8) is 0 Å². The third kappa shape index (κ3) is 2.70. The minimum Gasteiger partial charge on any atom is -0.465 e. The van der Waals surface area contributed by atoms with E-state index in [2.05, 4.69) is 0 Å². The van der Waals surface area contributed by atoms with Crippen LogP contribution in [0.2, 0.25) is 0 Å². The molecule has 3 nitrogen and oxygen atoms in total. The number of aryl methyl sites for hydroxylation is 1. The van der Waals surface area contributed by atoms with Crippen LogP contribution in [0.15, 0.2) is 18.2 Å². The summed E-state index contributed by atoms with van der Waals surface area (Å²) in [4.78, 5) is 23.9. The van der Waals surface area contributed by atoms with Crippen molar-refractivity contribution in [3.8, 4) is 0 Å². The Bertz CT molecular complexity index is 519. The Hall–Kier alpha value is -1.64. The molecule has 0 spiro atoms. The Balaban J connectivity index is 2.11. The predicted molar refractivity (Wildman–Crippen MR) is 73.2 cm³/mol. The molecular formula is C16H20O3. The number of ether oxygens (including phenoxy) is 1. The van der Waals surface area contributed by atoms with Crippen molar-refractivity contribution >= 4 is 11.8 Å². The molecule has 0 saturated carbocycles. The van der Waals surface area contributed by atoms with Gasteiger partial charge in [0.25, 0.3) is 0 Å². The maximum atomic E-state index is 12.4. The molecule has 1 atom stereocenters. The van der Waals surface area contributed by atoms with Crippen molar-refractivity contribution in [1.29, 1.82) is 0 Å². The lowest BCUT2D eigenvalue weighted by Gasteiger charge is -2.21. The van der Waals surface area contributed by atoms with Crippen LogP contribution in [0.3, 0.4) is 0 Å². The summed E-state index contributed by atoms with van der Waals surface area (Å²) in [5.74, 6) is -0.129. The van der Waals surface area contributed by atoms with Crippen LogP contribution in [0, 0.1) is 12.3 Å². The molecule has 102 valence electrons. The number of esters is 1. The second kappa shape index (κ2) is 5.16. The monoisotopic (exact) mass is 260 g/mol. The first-order chi connectivity index (χ1) is 8.96. The minimum atomic E-state index is -0.598. The zero-order chi connectivity index (χ0) is 14.0. The van der Waals surface area contributed by atoms with E-state index in [1.807, 2.05) is 39.0 Å². The van der Waals surface area contributed by atoms with Crippen molar-refractivity contribution in [2.24, 2.45) is 5.41 Å². The van der Waals surface area contributed by atoms with E-state index in [0.29, 0.717) is 12.8 Å². The van der Waals surface area contributed by atoms with E-state index in [0.717, 1.165) is 23.1 Å². The summed E-state index contributed by atoms with van der Waals surface area (Å²) in [6.07, 6.45) is 1.83. The molecule has 1 unspecified atom stereocenters. The highest BCUT2D eigenvalue weighted by Gasteiger charge is 2.42. The quantitative estimate of drug-likeness (QED) is 0.781. The van der Waals surface area contributed by atoms with Gasteiger partial charge in [-0.05, 0) is 32.3 Å². The summed E-state index contributed by atoms with van der Waals surface area (Å²) in [6.45, 7) is 6.01. The van der Waals surface area contributed by atoms with Crippen LogP contribution in [0.1, 0.15) is 48.2 Å². The van der Waals surface area contributed by atoms with E-state index in [9.17, 15) is 9.59 Å². The molecule has 0 fully saturated rings. The Morgan fingerprint density at radius 2 is 2.16 bits per heavy atom. The molecular weight excluding hydrogens is 240 g/mol. The molecule has 0 heterocycles. The normalized spacial score (nSPS) is 21.3. The molecule has 1 aromatic rings. The number of benzene rings is 1. The SMILES string of the molecule is CCCC(=O)OCC1(C)Cc2cc(C)ccc2C1=O. The van der Waals surface area contributed by atoms with Gasteiger partial charge in [-0.1, -0.05) is 30.7 Å². The lowest BCUT2D eigenvalue weighted by molar-refractivity contribution is -0.146. The number of hydrogen-bond acceptors (Lipinski definition) is 3. The van der Waals surface area contributed by atoms with Gasteiger partial charge in [0.1, 0.15) is 6.61 Å². The van der Waals surface area contributed by atoms with Gasteiger partial charge in [-0.3, -0.25) is 9.59 Å². The first-order valence-electron chi connectivity index (χ1n) is 6.76. The summed E-state index contributed by atoms with van der Waals surface area (Å²) in [6, 6.07) is 5.88. The third-order valence-electron chi connectivity index (χ3n) is 3.64. The maximum absolute atomic E-state index is 12.4. The van der Waals surface area contributed by atoms with Gasteiger partial charge in [-0.15, -0.1) is 0 Å². The molecule has 0 N–H and O–H groups in total. The van der Waals surface area contributed by atoms with E-state index < -0.39 is 5.41 Å². The molecule has 2 rings (SSSR count). The second-order valence-corrected chi connectivity index (χ2v) is 5.64. The molecule has 0 saturated heterocycles. The van der Waals surface area contributed by atoms with E-state index in [1.165, 1.54) is 0 Å². The van der Waals surface area contributed by atoms with Crippen LogP contribution >= 0.6 is 0 Å². The third-order valence-corrected chi connectivity index (χ3v) is 3.64. The molecule has 0 bridgehead atoms. The van der Waals surface area contributed by atoms with Crippen molar-refractivity contribution in [2.45, 2.75) is 40.0 Å². The Morgan fingerprint density at radius 1 is 1.42 bits per heavy atom. The van der Waals surface area contributed by atoms with Gasteiger partial charge >= 0.3 is 5.97 Å². The number of fused-ring (bicyclic) bond motifs is 1. The van der Waals surface area contributed by atoms with Crippen molar-refractivity contribution in [2.75, 3.05) is 6.61 Å². The van der Waals surface area contributed by atoms with Crippen LogP contribution in [0.4, 0.5) is 0 Å². The zero-order valence-electron chi connectivity index (χ0n) is 11.8. The van der Waals surface area contributed by atoms with Crippen LogP contribution in [-0.4, -0.2) is 18.4 Å². The smallest absolute Gasteiger partial charge is 0.305 e. The fourth-order valence-electron chi connectivity index (χ4n) is 2.55. The van der Waals surface area contributed by atoms with Crippen molar-refractivity contribution in [3.05, 3.63) is 34.9 Å². The Labute approximate surface area is 114 Å². The van der Waals surface area contributed by atoms with E-state index in [4.69, 9.17) is 4.74 Å². The average Bonchev–Trinajstić information content (AvgIpc) is 2.60. The number of hydrogen-bond donors (Lipinski definition) is 0. The topological polar surface area (TPSA) is 43.4 Å². The van der Waals surface area contributed by atoms with Crippen LogP contribution in [-0.2, 0) is 16.0 Å². The summed E-state index contributed by atoms with van der Waals surface area (Å²) in [5.41, 5.74) is 2.40. The highest BCUT2D eigenvalue weighted by molar-refractivity contribution is 6.05. The van der Waals surface area contributed by atoms with Gasteiger partial charge in [0.15, 0.2) is 5.78 Å². The number of carbonyl (C=O) groups excluding carboxylic acids is 2. The average molecular weight is 260 g/mol.